The fourth-order valence-electron chi connectivity index (χ4n) is 1.10. The van der Waals surface area contributed by atoms with Crippen molar-refractivity contribution in [1.29, 1.82) is 0 Å². The number of hydrogen-bond donors (Lipinski definition) is 2. The molecular formula is C8H13N3. The number of nitrogens with two attached hydrogens (primary N) is 1. The maximum atomic E-state index is 5.26. The lowest BCUT2D eigenvalue weighted by atomic mass is 10.1. The van der Waals surface area contributed by atoms with Crippen LogP contribution in [0.15, 0.2) is 12.3 Å². The van der Waals surface area contributed by atoms with E-state index in [-0.39, 0.29) is 0 Å². The van der Waals surface area contributed by atoms with E-state index in [9.17, 15) is 0 Å². The van der Waals surface area contributed by atoms with Gasteiger partial charge in [0.05, 0.1) is 0 Å². The number of hydrazine groups is 1. The number of hydrogen-bond acceptors (Lipinski definition) is 3. The van der Waals surface area contributed by atoms with Gasteiger partial charge in [-0.25, -0.2) is 10.8 Å². The van der Waals surface area contributed by atoms with E-state index in [1.54, 1.807) is 6.20 Å². The molecule has 0 aromatic carbocycles. The van der Waals surface area contributed by atoms with Gasteiger partial charge in [-0.3, -0.25) is 0 Å². The van der Waals surface area contributed by atoms with Crippen molar-refractivity contribution in [3.05, 3.63) is 23.4 Å². The molecule has 3 nitrogen and oxygen atoms in total. The van der Waals surface area contributed by atoms with Crippen LogP contribution in [0.25, 0.3) is 0 Å². The predicted molar refractivity (Wildman–Crippen MR) is 46.2 cm³/mol. The summed E-state index contributed by atoms with van der Waals surface area (Å²) in [6, 6.07) is 2.01. The first-order chi connectivity index (χ1) is 5.29. The number of nitrogens with zero attached hydrogens (tertiary/aromatic N) is 1. The first kappa shape index (κ1) is 8.01. The zero-order valence-electron chi connectivity index (χ0n) is 6.89. The lowest BCUT2D eigenvalue weighted by Crippen LogP contribution is -2.10. The van der Waals surface area contributed by atoms with E-state index in [0.717, 1.165) is 17.8 Å². The van der Waals surface area contributed by atoms with Gasteiger partial charge < -0.3 is 5.43 Å². The molecule has 0 radical (unpaired) electrons. The van der Waals surface area contributed by atoms with Crippen molar-refractivity contribution < 1.29 is 0 Å². The summed E-state index contributed by atoms with van der Waals surface area (Å²) < 4.78 is 0. The lowest BCUT2D eigenvalue weighted by molar-refractivity contribution is 1.07. The van der Waals surface area contributed by atoms with E-state index in [1.165, 1.54) is 5.56 Å². The number of aromatic nitrogens is 1. The van der Waals surface area contributed by atoms with Gasteiger partial charge >= 0.3 is 0 Å². The van der Waals surface area contributed by atoms with Crippen LogP contribution in [0.1, 0.15) is 18.1 Å². The third-order valence-corrected chi connectivity index (χ3v) is 1.83. The van der Waals surface area contributed by atoms with Gasteiger partial charge in [0.1, 0.15) is 5.82 Å². The largest absolute Gasteiger partial charge is 0.308 e. The van der Waals surface area contributed by atoms with Gasteiger partial charge in [-0.2, -0.15) is 0 Å². The summed E-state index contributed by atoms with van der Waals surface area (Å²) in [5.41, 5.74) is 4.98. The average Bonchev–Trinajstić information content (AvgIpc) is 2.05. The molecule has 11 heavy (non-hydrogen) atoms. The molecule has 0 unspecified atom stereocenters. The van der Waals surface area contributed by atoms with Crippen LogP contribution in [0.2, 0.25) is 0 Å². The smallest absolute Gasteiger partial charge is 0.143 e. The molecule has 0 aliphatic rings. The highest BCUT2D eigenvalue weighted by Gasteiger charge is 2.00. The number of aryl methyl sites for hydroxylation is 1. The van der Waals surface area contributed by atoms with E-state index in [2.05, 4.69) is 17.3 Å². The second-order valence-electron chi connectivity index (χ2n) is 2.44. The summed E-state index contributed by atoms with van der Waals surface area (Å²) in [5.74, 6) is 6.03. The Bertz CT molecular complexity index is 223. The summed E-state index contributed by atoms with van der Waals surface area (Å²) in [6.45, 7) is 4.13. The van der Waals surface area contributed by atoms with Crippen molar-refractivity contribution in [2.75, 3.05) is 5.43 Å². The summed E-state index contributed by atoms with van der Waals surface area (Å²) in [7, 11) is 0. The van der Waals surface area contributed by atoms with Crippen LogP contribution < -0.4 is 11.3 Å². The maximum Gasteiger partial charge on any atom is 0.143 e. The Kier molecular flexibility index (Phi) is 2.44. The first-order valence-corrected chi connectivity index (χ1v) is 3.70. The predicted octanol–water partition coefficient (Wildman–Crippen LogP) is 1.24. The molecular weight excluding hydrogens is 138 g/mol. The SMILES string of the molecule is CCc1ccnc(NN)c1C. The van der Waals surface area contributed by atoms with Crippen LogP contribution in [-0.4, -0.2) is 4.98 Å². The third-order valence-electron chi connectivity index (χ3n) is 1.83. The molecule has 0 fully saturated rings. The molecule has 0 aliphatic carbocycles. The minimum absolute atomic E-state index is 0.768. The van der Waals surface area contributed by atoms with Gasteiger partial charge in [0.25, 0.3) is 0 Å². The second-order valence-corrected chi connectivity index (χ2v) is 2.44. The standard InChI is InChI=1S/C8H13N3/c1-3-7-4-5-10-8(11-9)6(7)2/h4-5H,3,9H2,1-2H3,(H,10,11). The Morgan fingerprint density at radius 1 is 1.64 bits per heavy atom. The highest BCUT2D eigenvalue weighted by molar-refractivity contribution is 5.46. The van der Waals surface area contributed by atoms with Gasteiger partial charge in [0.2, 0.25) is 0 Å². The minimum atomic E-state index is 0.768. The Hall–Kier alpha value is -1.09. The Morgan fingerprint density at radius 3 is 2.91 bits per heavy atom. The molecule has 3 heteroatoms. The molecule has 0 saturated heterocycles. The van der Waals surface area contributed by atoms with Gasteiger partial charge in [-0.15, -0.1) is 0 Å². The van der Waals surface area contributed by atoms with Gasteiger partial charge in [0, 0.05) is 6.20 Å². The molecule has 0 spiro atoms. The van der Waals surface area contributed by atoms with Crippen LogP contribution in [0, 0.1) is 6.92 Å². The molecule has 1 heterocycles. The number of anilines is 1. The zero-order valence-corrected chi connectivity index (χ0v) is 6.89. The summed E-state index contributed by atoms with van der Waals surface area (Å²) in [5, 5.41) is 0. The highest BCUT2D eigenvalue weighted by atomic mass is 15.2. The summed E-state index contributed by atoms with van der Waals surface area (Å²) in [6.07, 6.45) is 2.78. The third kappa shape index (κ3) is 1.49. The molecule has 0 bridgehead atoms. The van der Waals surface area contributed by atoms with Gasteiger partial charge in [-0.05, 0) is 30.5 Å². The number of nitrogen functional groups attached to an aromatic ring is 1. The summed E-state index contributed by atoms with van der Waals surface area (Å²) >= 11 is 0. The van der Waals surface area contributed by atoms with Crippen molar-refractivity contribution in [2.45, 2.75) is 20.3 Å². The van der Waals surface area contributed by atoms with Crippen LogP contribution in [0.4, 0.5) is 5.82 Å². The van der Waals surface area contributed by atoms with Crippen molar-refractivity contribution in [3.63, 3.8) is 0 Å². The fourth-order valence-corrected chi connectivity index (χ4v) is 1.10. The van der Waals surface area contributed by atoms with E-state index >= 15 is 0 Å². The van der Waals surface area contributed by atoms with E-state index < -0.39 is 0 Å². The monoisotopic (exact) mass is 151 g/mol. The molecule has 3 N–H and O–H groups in total. The normalized spacial score (nSPS) is 9.73. The zero-order chi connectivity index (χ0) is 8.27. The Morgan fingerprint density at radius 2 is 2.36 bits per heavy atom. The minimum Gasteiger partial charge on any atom is -0.308 e. The van der Waals surface area contributed by atoms with Crippen molar-refractivity contribution in [3.8, 4) is 0 Å². The maximum absolute atomic E-state index is 5.26. The second kappa shape index (κ2) is 3.34. The average molecular weight is 151 g/mol. The molecule has 0 atom stereocenters. The number of pyridine rings is 1. The number of nitrogens with one attached hydrogen (secondary N) is 1. The van der Waals surface area contributed by atoms with Gasteiger partial charge in [0.15, 0.2) is 0 Å². The molecule has 1 rings (SSSR count). The summed E-state index contributed by atoms with van der Waals surface area (Å²) in [4.78, 5) is 4.07. The topological polar surface area (TPSA) is 50.9 Å². The van der Waals surface area contributed by atoms with Crippen LogP contribution in [-0.2, 0) is 6.42 Å². The van der Waals surface area contributed by atoms with E-state index in [0.29, 0.717) is 0 Å². The molecule has 60 valence electrons. The van der Waals surface area contributed by atoms with Gasteiger partial charge in [-0.1, -0.05) is 6.92 Å². The molecule has 0 saturated carbocycles. The van der Waals surface area contributed by atoms with Crippen LogP contribution in [0.5, 0.6) is 0 Å². The first-order valence-electron chi connectivity index (χ1n) is 3.70. The molecule has 1 aromatic heterocycles. The molecule has 1 aromatic rings. The fraction of sp³-hybridized carbons (Fsp3) is 0.375. The molecule has 0 aliphatic heterocycles. The quantitative estimate of drug-likeness (QED) is 0.494. The van der Waals surface area contributed by atoms with E-state index in [1.807, 2.05) is 13.0 Å². The van der Waals surface area contributed by atoms with Crippen LogP contribution in [0.3, 0.4) is 0 Å². The lowest BCUT2D eigenvalue weighted by Gasteiger charge is -2.06. The van der Waals surface area contributed by atoms with Crippen molar-refractivity contribution >= 4 is 5.82 Å². The van der Waals surface area contributed by atoms with Crippen molar-refractivity contribution in [1.82, 2.24) is 4.98 Å². The van der Waals surface area contributed by atoms with E-state index in [4.69, 9.17) is 5.84 Å². The highest BCUT2D eigenvalue weighted by Crippen LogP contribution is 2.14. The van der Waals surface area contributed by atoms with Crippen LogP contribution >= 0.6 is 0 Å². The Balaban J connectivity index is 3.10. The Labute approximate surface area is 66.6 Å². The number of rotatable bonds is 2. The van der Waals surface area contributed by atoms with Crippen molar-refractivity contribution in [2.24, 2.45) is 5.84 Å². The molecule has 0 amide bonds.